The molecule has 0 aromatic rings. The van der Waals surface area contributed by atoms with Crippen molar-refractivity contribution in [2.75, 3.05) is 13.2 Å². The molecule has 6 nitrogen and oxygen atoms in total. The first kappa shape index (κ1) is 14.8. The first-order chi connectivity index (χ1) is 8.45. The van der Waals surface area contributed by atoms with Crippen molar-refractivity contribution in [1.29, 1.82) is 0 Å². The number of aliphatic hydroxyl groups is 1. The SMILES string of the molecule is CC(C)C[C@@H](NC(=O)N1CCCC1CO)C(=O)O. The van der Waals surface area contributed by atoms with Crippen molar-refractivity contribution in [1.82, 2.24) is 10.2 Å². The van der Waals surface area contributed by atoms with Crippen LogP contribution in [0.5, 0.6) is 0 Å². The van der Waals surface area contributed by atoms with Gasteiger partial charge in [0, 0.05) is 6.54 Å². The van der Waals surface area contributed by atoms with Crippen molar-refractivity contribution >= 4 is 12.0 Å². The monoisotopic (exact) mass is 258 g/mol. The van der Waals surface area contributed by atoms with Gasteiger partial charge in [-0.15, -0.1) is 0 Å². The number of nitrogens with zero attached hydrogens (tertiary/aromatic N) is 1. The third kappa shape index (κ3) is 3.87. The number of amides is 2. The smallest absolute Gasteiger partial charge is 0.326 e. The maximum atomic E-state index is 12.0. The number of hydrogen-bond acceptors (Lipinski definition) is 3. The number of nitrogens with one attached hydrogen (secondary N) is 1. The van der Waals surface area contributed by atoms with E-state index in [1.54, 1.807) is 0 Å². The van der Waals surface area contributed by atoms with Crippen LogP contribution in [0.25, 0.3) is 0 Å². The van der Waals surface area contributed by atoms with Gasteiger partial charge >= 0.3 is 12.0 Å². The van der Waals surface area contributed by atoms with Crippen LogP contribution in [0, 0.1) is 5.92 Å². The van der Waals surface area contributed by atoms with Crippen LogP contribution in [0.2, 0.25) is 0 Å². The second-order valence-electron chi connectivity index (χ2n) is 5.14. The number of carboxylic acid groups (broad SMARTS) is 1. The number of carbonyl (C=O) groups is 2. The van der Waals surface area contributed by atoms with Crippen LogP contribution in [0.4, 0.5) is 4.79 Å². The molecule has 2 amide bonds. The van der Waals surface area contributed by atoms with Crippen molar-refractivity contribution in [3.05, 3.63) is 0 Å². The summed E-state index contributed by atoms with van der Waals surface area (Å²) < 4.78 is 0. The number of aliphatic hydroxyl groups excluding tert-OH is 1. The number of likely N-dealkylation sites (tertiary alicyclic amines) is 1. The van der Waals surface area contributed by atoms with E-state index in [-0.39, 0.29) is 24.6 Å². The van der Waals surface area contributed by atoms with Crippen molar-refractivity contribution in [3.63, 3.8) is 0 Å². The summed E-state index contributed by atoms with van der Waals surface area (Å²) in [5.41, 5.74) is 0. The Morgan fingerprint density at radius 3 is 2.61 bits per heavy atom. The molecule has 1 heterocycles. The fourth-order valence-corrected chi connectivity index (χ4v) is 2.22. The topological polar surface area (TPSA) is 89.9 Å². The zero-order chi connectivity index (χ0) is 13.7. The Hall–Kier alpha value is -1.30. The van der Waals surface area contributed by atoms with Gasteiger partial charge in [-0.25, -0.2) is 9.59 Å². The average molecular weight is 258 g/mol. The largest absolute Gasteiger partial charge is 0.480 e. The second-order valence-corrected chi connectivity index (χ2v) is 5.14. The number of carboxylic acids is 1. The number of hydrogen-bond donors (Lipinski definition) is 3. The zero-order valence-corrected chi connectivity index (χ0v) is 10.9. The minimum atomic E-state index is -1.02. The van der Waals surface area contributed by atoms with Crippen LogP contribution >= 0.6 is 0 Å². The summed E-state index contributed by atoms with van der Waals surface area (Å²) in [7, 11) is 0. The lowest BCUT2D eigenvalue weighted by atomic mass is 10.0. The summed E-state index contributed by atoms with van der Waals surface area (Å²) in [4.78, 5) is 24.5. The molecule has 0 aromatic carbocycles. The molecule has 1 saturated heterocycles. The van der Waals surface area contributed by atoms with Crippen molar-refractivity contribution < 1.29 is 19.8 Å². The molecule has 2 atom stereocenters. The van der Waals surface area contributed by atoms with Gasteiger partial charge in [-0.2, -0.15) is 0 Å². The van der Waals surface area contributed by atoms with Crippen LogP contribution in [0.1, 0.15) is 33.1 Å². The van der Waals surface area contributed by atoms with Crippen molar-refractivity contribution in [2.24, 2.45) is 5.92 Å². The van der Waals surface area contributed by atoms with E-state index in [0.29, 0.717) is 13.0 Å². The number of aliphatic carboxylic acids is 1. The van der Waals surface area contributed by atoms with Crippen molar-refractivity contribution in [3.8, 4) is 0 Å². The second kappa shape index (κ2) is 6.58. The van der Waals surface area contributed by atoms with Gasteiger partial charge in [-0.1, -0.05) is 13.8 Å². The molecule has 6 heteroatoms. The van der Waals surface area contributed by atoms with Gasteiger partial charge in [0.25, 0.3) is 0 Å². The molecule has 1 aliphatic rings. The van der Waals surface area contributed by atoms with Gasteiger partial charge in [-0.05, 0) is 25.2 Å². The predicted octanol–water partition coefficient (Wildman–Crippen LogP) is 0.652. The summed E-state index contributed by atoms with van der Waals surface area (Å²) in [5.74, 6) is -0.824. The Morgan fingerprint density at radius 1 is 1.44 bits per heavy atom. The Bertz CT molecular complexity index is 306. The van der Waals surface area contributed by atoms with Crippen LogP contribution < -0.4 is 5.32 Å². The first-order valence-corrected chi connectivity index (χ1v) is 6.36. The maximum Gasteiger partial charge on any atom is 0.326 e. The van der Waals surface area contributed by atoms with E-state index < -0.39 is 12.0 Å². The van der Waals surface area contributed by atoms with Gasteiger partial charge in [0.2, 0.25) is 0 Å². The molecule has 0 spiro atoms. The van der Waals surface area contributed by atoms with E-state index in [4.69, 9.17) is 10.2 Å². The molecule has 0 radical (unpaired) electrons. The van der Waals surface area contributed by atoms with E-state index in [9.17, 15) is 9.59 Å². The highest BCUT2D eigenvalue weighted by molar-refractivity contribution is 5.82. The molecule has 1 rings (SSSR count). The lowest BCUT2D eigenvalue weighted by Gasteiger charge is -2.26. The fourth-order valence-electron chi connectivity index (χ4n) is 2.22. The maximum absolute atomic E-state index is 12.0. The highest BCUT2D eigenvalue weighted by atomic mass is 16.4. The standard InChI is InChI=1S/C12H22N2O4/c1-8(2)6-10(11(16)17)13-12(18)14-5-3-4-9(14)7-15/h8-10,15H,3-7H2,1-2H3,(H,13,18)(H,16,17)/t9?,10-/m1/s1. The normalized spacial score (nSPS) is 21.1. The Kier molecular flexibility index (Phi) is 5.40. The van der Waals surface area contributed by atoms with Gasteiger partial charge in [-0.3, -0.25) is 0 Å². The zero-order valence-electron chi connectivity index (χ0n) is 10.9. The minimum absolute atomic E-state index is 0.0741. The fraction of sp³-hybridized carbons (Fsp3) is 0.833. The molecule has 1 aliphatic heterocycles. The van der Waals surface area contributed by atoms with Crippen LogP contribution in [-0.2, 0) is 4.79 Å². The quantitative estimate of drug-likeness (QED) is 0.675. The van der Waals surface area contributed by atoms with Gasteiger partial charge < -0.3 is 20.4 Å². The molecular weight excluding hydrogens is 236 g/mol. The highest BCUT2D eigenvalue weighted by Gasteiger charge is 2.30. The van der Waals surface area contributed by atoms with Crippen LogP contribution in [-0.4, -0.2) is 52.3 Å². The van der Waals surface area contributed by atoms with Crippen molar-refractivity contribution in [2.45, 2.75) is 45.2 Å². The summed E-state index contributed by atoms with van der Waals surface area (Å²) in [6.07, 6.45) is 2.02. The molecule has 0 saturated carbocycles. The van der Waals surface area contributed by atoms with Gasteiger partial charge in [0.05, 0.1) is 12.6 Å². The van der Waals surface area contributed by atoms with Crippen LogP contribution in [0.15, 0.2) is 0 Å². The van der Waals surface area contributed by atoms with E-state index in [1.807, 2.05) is 13.8 Å². The van der Waals surface area contributed by atoms with Gasteiger partial charge in [0.1, 0.15) is 6.04 Å². The average Bonchev–Trinajstić information content (AvgIpc) is 2.75. The van der Waals surface area contributed by atoms with Gasteiger partial charge in [0.15, 0.2) is 0 Å². The summed E-state index contributed by atoms with van der Waals surface area (Å²) in [6, 6.07) is -1.43. The molecule has 104 valence electrons. The molecule has 0 bridgehead atoms. The predicted molar refractivity (Wildman–Crippen MR) is 66.2 cm³/mol. The molecule has 3 N–H and O–H groups in total. The van der Waals surface area contributed by atoms with Crippen LogP contribution in [0.3, 0.4) is 0 Å². The number of urea groups is 1. The number of carbonyl (C=O) groups excluding carboxylic acids is 1. The summed E-state index contributed by atoms with van der Waals surface area (Å²) >= 11 is 0. The Balaban J connectivity index is 2.58. The molecule has 0 aromatic heterocycles. The molecule has 1 unspecified atom stereocenters. The lowest BCUT2D eigenvalue weighted by molar-refractivity contribution is -0.139. The van der Waals surface area contributed by atoms with E-state index >= 15 is 0 Å². The summed E-state index contributed by atoms with van der Waals surface area (Å²) in [6.45, 7) is 4.32. The molecule has 18 heavy (non-hydrogen) atoms. The Morgan fingerprint density at radius 2 is 2.11 bits per heavy atom. The summed E-state index contributed by atoms with van der Waals surface area (Å²) in [5, 5.41) is 20.7. The van der Waals surface area contributed by atoms with E-state index in [0.717, 1.165) is 12.8 Å². The highest BCUT2D eigenvalue weighted by Crippen LogP contribution is 2.17. The molecule has 0 aliphatic carbocycles. The number of rotatable bonds is 5. The molecular formula is C12H22N2O4. The van der Waals surface area contributed by atoms with E-state index in [1.165, 1.54) is 4.90 Å². The third-order valence-electron chi connectivity index (χ3n) is 3.15. The lowest BCUT2D eigenvalue weighted by Crippen LogP contribution is -2.50. The van der Waals surface area contributed by atoms with E-state index in [2.05, 4.69) is 5.32 Å². The Labute approximate surface area is 107 Å². The minimum Gasteiger partial charge on any atom is -0.480 e. The third-order valence-corrected chi connectivity index (χ3v) is 3.15. The molecule has 1 fully saturated rings. The first-order valence-electron chi connectivity index (χ1n) is 6.36.